The molecule has 1 saturated heterocycles. The molecule has 1 amide bonds. The first-order chi connectivity index (χ1) is 11.4. The van der Waals surface area contributed by atoms with Gasteiger partial charge in [-0.3, -0.25) is 9.59 Å². The molecule has 1 aliphatic heterocycles. The van der Waals surface area contributed by atoms with Crippen molar-refractivity contribution < 1.29 is 14.3 Å². The second-order valence-electron chi connectivity index (χ2n) is 6.89. The van der Waals surface area contributed by atoms with Gasteiger partial charge in [-0.2, -0.15) is 0 Å². The van der Waals surface area contributed by atoms with Gasteiger partial charge in [-0.25, -0.2) is 4.98 Å². The summed E-state index contributed by atoms with van der Waals surface area (Å²) < 4.78 is 5.84. The maximum atomic E-state index is 12.5. The Balaban J connectivity index is 1.86. The average molecular weight is 346 g/mol. The van der Waals surface area contributed by atoms with Crippen LogP contribution in [0.3, 0.4) is 0 Å². The summed E-state index contributed by atoms with van der Waals surface area (Å²) in [4.78, 5) is 30.2. The van der Waals surface area contributed by atoms with Gasteiger partial charge in [0.25, 0.3) is 0 Å². The second-order valence-corrected chi connectivity index (χ2v) is 7.77. The van der Waals surface area contributed by atoms with Crippen LogP contribution in [0.15, 0.2) is 23.7 Å². The fraction of sp³-hybridized carbons (Fsp3) is 0.500. The number of rotatable bonds is 5. The van der Waals surface area contributed by atoms with Gasteiger partial charge in [-0.1, -0.05) is 13.8 Å². The predicted octanol–water partition coefficient (Wildman–Crippen LogP) is 3.77. The highest BCUT2D eigenvalue weighted by molar-refractivity contribution is 7.16. The van der Waals surface area contributed by atoms with Gasteiger partial charge in [0.2, 0.25) is 5.91 Å². The monoisotopic (exact) mass is 346 g/mol. The minimum Gasteiger partial charge on any atom is -0.469 e. The highest BCUT2D eigenvalue weighted by Crippen LogP contribution is 2.40. The van der Waals surface area contributed by atoms with Crippen LogP contribution in [0.2, 0.25) is 0 Å². The maximum absolute atomic E-state index is 12.5. The van der Waals surface area contributed by atoms with Crippen LogP contribution in [0, 0.1) is 5.41 Å². The van der Waals surface area contributed by atoms with Crippen LogP contribution in [0.25, 0.3) is 10.2 Å². The molecule has 3 rings (SSSR count). The Morgan fingerprint density at radius 3 is 3.00 bits per heavy atom. The van der Waals surface area contributed by atoms with Crippen LogP contribution >= 0.6 is 11.3 Å². The number of hydrogen-bond acceptors (Lipinski definition) is 5. The quantitative estimate of drug-likeness (QED) is 0.773. The summed E-state index contributed by atoms with van der Waals surface area (Å²) in [6, 6.07) is 6.06. The molecule has 6 heteroatoms. The number of thiazole rings is 1. The number of esters is 1. The number of carbonyl (C=O) groups is 2. The van der Waals surface area contributed by atoms with Crippen LogP contribution in [0.1, 0.15) is 39.5 Å². The normalized spacial score (nSPS) is 18.4. The molecule has 5 nitrogen and oxygen atoms in total. The number of nitrogens with zero attached hydrogens (tertiary/aromatic N) is 2. The van der Waals surface area contributed by atoms with Crippen LogP contribution in [-0.2, 0) is 14.3 Å². The number of hydrogen-bond donors (Lipinski definition) is 0. The molecule has 0 aliphatic carbocycles. The zero-order valence-corrected chi connectivity index (χ0v) is 15.1. The zero-order valence-electron chi connectivity index (χ0n) is 14.2. The lowest BCUT2D eigenvalue weighted by Gasteiger charge is -2.38. The Labute approximate surface area is 145 Å². The van der Waals surface area contributed by atoms with Gasteiger partial charge in [0.05, 0.1) is 22.8 Å². The molecule has 1 fully saturated rings. The van der Waals surface area contributed by atoms with E-state index in [-0.39, 0.29) is 23.3 Å². The predicted molar refractivity (Wildman–Crippen MR) is 95.2 cm³/mol. The third-order valence-electron chi connectivity index (χ3n) is 4.91. The summed E-state index contributed by atoms with van der Waals surface area (Å²) in [6.45, 7) is 4.24. The number of ether oxygens (including phenoxy) is 1. The van der Waals surface area contributed by atoms with Crippen molar-refractivity contribution in [3.05, 3.63) is 23.7 Å². The highest BCUT2D eigenvalue weighted by Gasteiger charge is 2.42. The van der Waals surface area contributed by atoms with E-state index >= 15 is 0 Å². The topological polar surface area (TPSA) is 59.5 Å². The molecule has 0 spiro atoms. The van der Waals surface area contributed by atoms with Crippen molar-refractivity contribution in [1.29, 1.82) is 0 Å². The number of aromatic nitrogens is 1. The number of amides is 1. The molecule has 2 heterocycles. The van der Waals surface area contributed by atoms with Crippen molar-refractivity contribution in [2.75, 3.05) is 12.0 Å². The van der Waals surface area contributed by atoms with Crippen LogP contribution in [0.4, 0.5) is 5.69 Å². The number of carbonyl (C=O) groups excluding carboxylic acids is 2. The first kappa shape index (κ1) is 16.9. The Kier molecular flexibility index (Phi) is 4.58. The van der Waals surface area contributed by atoms with Gasteiger partial charge in [-0.05, 0) is 36.5 Å². The minimum absolute atomic E-state index is 0.0834. The molecule has 1 aromatic heterocycles. The number of methoxy groups -OCH3 is 1. The van der Waals surface area contributed by atoms with E-state index in [9.17, 15) is 9.59 Å². The first-order valence-corrected chi connectivity index (χ1v) is 9.02. The van der Waals surface area contributed by atoms with Crippen molar-refractivity contribution in [3.63, 3.8) is 0 Å². The third kappa shape index (κ3) is 3.15. The van der Waals surface area contributed by atoms with E-state index in [1.807, 2.05) is 28.6 Å². The first-order valence-electron chi connectivity index (χ1n) is 8.14. The molecule has 2 aromatic rings. The summed E-state index contributed by atoms with van der Waals surface area (Å²) >= 11 is 1.58. The average Bonchev–Trinajstić information content (AvgIpc) is 3.18. The van der Waals surface area contributed by atoms with Gasteiger partial charge in [0.15, 0.2) is 0 Å². The number of fused-ring (bicyclic) bond motifs is 1. The van der Waals surface area contributed by atoms with E-state index < -0.39 is 0 Å². The lowest BCUT2D eigenvalue weighted by molar-refractivity contribution is -0.141. The summed E-state index contributed by atoms with van der Waals surface area (Å²) in [5.41, 5.74) is 3.53. The van der Waals surface area contributed by atoms with Crippen molar-refractivity contribution >= 4 is 39.1 Å². The Morgan fingerprint density at radius 2 is 2.25 bits per heavy atom. The van der Waals surface area contributed by atoms with Crippen LogP contribution in [-0.4, -0.2) is 30.0 Å². The maximum Gasteiger partial charge on any atom is 0.305 e. The van der Waals surface area contributed by atoms with Gasteiger partial charge < -0.3 is 9.64 Å². The summed E-state index contributed by atoms with van der Waals surface area (Å²) in [5, 5.41) is 0. The molecule has 0 bridgehead atoms. The van der Waals surface area contributed by atoms with Crippen molar-refractivity contribution in [2.24, 2.45) is 5.41 Å². The van der Waals surface area contributed by atoms with Crippen molar-refractivity contribution in [2.45, 2.75) is 45.6 Å². The summed E-state index contributed by atoms with van der Waals surface area (Å²) in [7, 11) is 1.41. The van der Waals surface area contributed by atoms with Crippen molar-refractivity contribution in [3.8, 4) is 0 Å². The van der Waals surface area contributed by atoms with Crippen molar-refractivity contribution in [1.82, 2.24) is 4.98 Å². The van der Waals surface area contributed by atoms with Gasteiger partial charge in [0.1, 0.15) is 0 Å². The van der Waals surface area contributed by atoms with Gasteiger partial charge in [0, 0.05) is 24.6 Å². The van der Waals surface area contributed by atoms with E-state index in [0.717, 1.165) is 22.3 Å². The van der Waals surface area contributed by atoms with E-state index in [2.05, 4.69) is 18.8 Å². The summed E-state index contributed by atoms with van der Waals surface area (Å²) in [5.74, 6) is -0.0555. The molecule has 1 aliphatic rings. The number of benzene rings is 1. The number of anilines is 1. The van der Waals surface area contributed by atoms with Gasteiger partial charge >= 0.3 is 5.97 Å². The molecule has 1 unspecified atom stereocenters. The standard InChI is InChI=1S/C18H22N2O3S/c1-18(2,9-8-17(22)23-3)15-6-7-16(21)20(15)12-4-5-13-14(10-12)24-11-19-13/h4-5,10-11,15H,6-9H2,1-3H3. The third-order valence-corrected chi connectivity index (χ3v) is 5.70. The minimum atomic E-state index is -0.204. The molecule has 0 radical (unpaired) electrons. The Morgan fingerprint density at radius 1 is 1.46 bits per heavy atom. The fourth-order valence-electron chi connectivity index (χ4n) is 3.43. The molecule has 24 heavy (non-hydrogen) atoms. The smallest absolute Gasteiger partial charge is 0.305 e. The molecule has 128 valence electrons. The van der Waals surface area contributed by atoms with Crippen LogP contribution in [0.5, 0.6) is 0 Å². The van der Waals surface area contributed by atoms with E-state index in [1.165, 1.54) is 7.11 Å². The molecular formula is C18H22N2O3S. The zero-order chi connectivity index (χ0) is 17.3. The van der Waals surface area contributed by atoms with E-state index in [0.29, 0.717) is 19.3 Å². The highest BCUT2D eigenvalue weighted by atomic mass is 32.1. The Bertz CT molecular complexity index is 768. The Hall–Kier alpha value is -1.95. The molecule has 0 saturated carbocycles. The lowest BCUT2D eigenvalue weighted by Crippen LogP contribution is -2.43. The van der Waals surface area contributed by atoms with Crippen LogP contribution < -0.4 is 4.90 Å². The largest absolute Gasteiger partial charge is 0.469 e. The molecular weight excluding hydrogens is 324 g/mol. The SMILES string of the molecule is COC(=O)CCC(C)(C)C1CCC(=O)N1c1ccc2ncsc2c1. The molecule has 0 N–H and O–H groups in total. The van der Waals surface area contributed by atoms with Gasteiger partial charge in [-0.15, -0.1) is 11.3 Å². The van der Waals surface area contributed by atoms with E-state index in [4.69, 9.17) is 4.74 Å². The molecule has 1 aromatic carbocycles. The van der Waals surface area contributed by atoms with E-state index in [1.54, 1.807) is 11.3 Å². The fourth-order valence-corrected chi connectivity index (χ4v) is 4.14. The molecule has 1 atom stereocenters. The summed E-state index contributed by atoms with van der Waals surface area (Å²) in [6.07, 6.45) is 2.42. The lowest BCUT2D eigenvalue weighted by atomic mass is 9.78. The second kappa shape index (κ2) is 6.51.